The van der Waals surface area contributed by atoms with E-state index in [1.165, 1.54) is 0 Å². The van der Waals surface area contributed by atoms with E-state index in [0.29, 0.717) is 11.1 Å². The second-order valence-electron chi connectivity index (χ2n) is 4.29. The SMILES string of the molecule is CC.Cc1cnc2c(NCC(C)C)cc(Cl)nn12. The van der Waals surface area contributed by atoms with Crippen molar-refractivity contribution in [1.82, 2.24) is 14.6 Å². The average Bonchev–Trinajstić information content (AvgIpc) is 2.71. The number of anilines is 1. The van der Waals surface area contributed by atoms with Gasteiger partial charge in [0.25, 0.3) is 0 Å². The van der Waals surface area contributed by atoms with Crippen LogP contribution in [0.5, 0.6) is 0 Å². The van der Waals surface area contributed by atoms with Crippen LogP contribution >= 0.6 is 11.6 Å². The molecule has 2 rings (SSSR count). The Balaban J connectivity index is 0.000000771. The van der Waals surface area contributed by atoms with Gasteiger partial charge in [-0.25, -0.2) is 9.50 Å². The maximum atomic E-state index is 5.97. The summed E-state index contributed by atoms with van der Waals surface area (Å²) in [5.41, 5.74) is 2.73. The van der Waals surface area contributed by atoms with Crippen molar-refractivity contribution in [3.8, 4) is 0 Å². The van der Waals surface area contributed by atoms with Gasteiger partial charge >= 0.3 is 0 Å². The number of hydrogen-bond donors (Lipinski definition) is 1. The van der Waals surface area contributed by atoms with Crippen LogP contribution < -0.4 is 5.32 Å². The molecule has 0 aliphatic heterocycles. The minimum absolute atomic E-state index is 0.472. The van der Waals surface area contributed by atoms with Gasteiger partial charge in [-0.05, 0) is 12.8 Å². The molecule has 0 spiro atoms. The van der Waals surface area contributed by atoms with Crippen molar-refractivity contribution in [3.05, 3.63) is 23.1 Å². The molecular formula is C13H21ClN4. The van der Waals surface area contributed by atoms with Crippen LogP contribution in [0, 0.1) is 12.8 Å². The van der Waals surface area contributed by atoms with Crippen LogP contribution in [0.2, 0.25) is 5.15 Å². The highest BCUT2D eigenvalue weighted by Gasteiger charge is 2.08. The monoisotopic (exact) mass is 268 g/mol. The van der Waals surface area contributed by atoms with Gasteiger partial charge in [-0.1, -0.05) is 39.3 Å². The van der Waals surface area contributed by atoms with E-state index >= 15 is 0 Å². The normalized spacial score (nSPS) is 10.4. The number of halogens is 1. The zero-order valence-corrected chi connectivity index (χ0v) is 12.4. The van der Waals surface area contributed by atoms with E-state index in [1.807, 2.05) is 26.8 Å². The van der Waals surface area contributed by atoms with Crippen molar-refractivity contribution < 1.29 is 0 Å². The highest BCUT2D eigenvalue weighted by molar-refractivity contribution is 6.29. The minimum Gasteiger partial charge on any atom is -0.382 e. The second kappa shape index (κ2) is 6.59. The van der Waals surface area contributed by atoms with E-state index < -0.39 is 0 Å². The maximum absolute atomic E-state index is 5.97. The molecule has 0 atom stereocenters. The van der Waals surface area contributed by atoms with Crippen molar-refractivity contribution in [2.24, 2.45) is 5.92 Å². The number of imidazole rings is 1. The number of nitrogens with one attached hydrogen (secondary N) is 1. The van der Waals surface area contributed by atoms with Gasteiger partial charge in [0.15, 0.2) is 10.8 Å². The Labute approximate surface area is 113 Å². The standard InChI is InChI=1S/C11H15ClN4.C2H6/c1-7(2)5-13-9-4-10(12)15-16-8(3)6-14-11(9)16;1-2/h4,6-7,13H,5H2,1-3H3;1-2H3. The first-order valence-electron chi connectivity index (χ1n) is 6.32. The Morgan fingerprint density at radius 1 is 1.39 bits per heavy atom. The smallest absolute Gasteiger partial charge is 0.177 e. The number of rotatable bonds is 3. The summed E-state index contributed by atoms with van der Waals surface area (Å²) in [7, 11) is 0. The third kappa shape index (κ3) is 3.35. The molecule has 0 saturated carbocycles. The highest BCUT2D eigenvalue weighted by Crippen LogP contribution is 2.20. The molecule has 0 fully saturated rings. The lowest BCUT2D eigenvalue weighted by atomic mass is 10.2. The van der Waals surface area contributed by atoms with Gasteiger partial charge in [0.05, 0.1) is 17.6 Å². The fourth-order valence-corrected chi connectivity index (χ4v) is 1.68. The summed E-state index contributed by atoms with van der Waals surface area (Å²) in [6.45, 7) is 11.2. The molecule has 2 aromatic rings. The Morgan fingerprint density at radius 3 is 2.67 bits per heavy atom. The summed E-state index contributed by atoms with van der Waals surface area (Å²) in [4.78, 5) is 4.32. The van der Waals surface area contributed by atoms with Crippen LogP contribution in [0.25, 0.3) is 5.65 Å². The molecule has 0 radical (unpaired) electrons. The molecule has 4 nitrogen and oxygen atoms in total. The van der Waals surface area contributed by atoms with Crippen molar-refractivity contribution in [3.63, 3.8) is 0 Å². The van der Waals surface area contributed by atoms with Crippen molar-refractivity contribution in [1.29, 1.82) is 0 Å². The first-order chi connectivity index (χ1) is 8.58. The largest absolute Gasteiger partial charge is 0.382 e. The number of fused-ring (bicyclic) bond motifs is 1. The van der Waals surface area contributed by atoms with Crippen LogP contribution in [-0.4, -0.2) is 21.1 Å². The molecule has 0 aliphatic carbocycles. The predicted octanol–water partition coefficient (Wildman–Crippen LogP) is 3.79. The Kier molecular flexibility index (Phi) is 5.41. The Hall–Kier alpha value is -1.29. The fraction of sp³-hybridized carbons (Fsp3) is 0.538. The summed E-state index contributed by atoms with van der Waals surface area (Å²) < 4.78 is 1.75. The summed E-state index contributed by atoms with van der Waals surface area (Å²) in [5.74, 6) is 0.572. The Bertz CT molecular complexity index is 505. The zero-order valence-electron chi connectivity index (χ0n) is 11.7. The van der Waals surface area contributed by atoms with Gasteiger partial charge in [-0.15, -0.1) is 0 Å². The van der Waals surface area contributed by atoms with Gasteiger partial charge in [0.1, 0.15) is 0 Å². The maximum Gasteiger partial charge on any atom is 0.177 e. The Morgan fingerprint density at radius 2 is 2.06 bits per heavy atom. The number of hydrogen-bond acceptors (Lipinski definition) is 3. The van der Waals surface area contributed by atoms with Crippen LogP contribution in [-0.2, 0) is 0 Å². The van der Waals surface area contributed by atoms with Gasteiger partial charge in [-0.2, -0.15) is 5.10 Å². The van der Waals surface area contributed by atoms with Crippen molar-refractivity contribution >= 4 is 22.9 Å². The molecule has 100 valence electrons. The lowest BCUT2D eigenvalue weighted by Gasteiger charge is -2.10. The summed E-state index contributed by atoms with van der Waals surface area (Å²) in [5, 5.41) is 8.01. The van der Waals surface area contributed by atoms with E-state index in [1.54, 1.807) is 10.7 Å². The molecule has 0 unspecified atom stereocenters. The van der Waals surface area contributed by atoms with E-state index in [4.69, 9.17) is 11.6 Å². The average molecular weight is 269 g/mol. The van der Waals surface area contributed by atoms with Crippen LogP contribution in [0.1, 0.15) is 33.4 Å². The molecule has 5 heteroatoms. The molecular weight excluding hydrogens is 248 g/mol. The highest BCUT2D eigenvalue weighted by atomic mass is 35.5. The summed E-state index contributed by atoms with van der Waals surface area (Å²) in [6.07, 6.45) is 1.79. The third-order valence-electron chi connectivity index (χ3n) is 2.31. The first kappa shape index (κ1) is 14.8. The number of nitrogens with zero attached hydrogens (tertiary/aromatic N) is 3. The van der Waals surface area contributed by atoms with E-state index in [9.17, 15) is 0 Å². The van der Waals surface area contributed by atoms with E-state index in [2.05, 4.69) is 29.2 Å². The third-order valence-corrected chi connectivity index (χ3v) is 2.49. The lowest BCUT2D eigenvalue weighted by molar-refractivity contribution is 0.688. The van der Waals surface area contributed by atoms with E-state index in [0.717, 1.165) is 23.6 Å². The summed E-state index contributed by atoms with van der Waals surface area (Å²) >= 11 is 5.97. The van der Waals surface area contributed by atoms with Crippen LogP contribution in [0.15, 0.2) is 12.3 Å². The second-order valence-corrected chi connectivity index (χ2v) is 4.68. The van der Waals surface area contributed by atoms with Gasteiger partial charge < -0.3 is 5.32 Å². The van der Waals surface area contributed by atoms with Gasteiger partial charge in [0.2, 0.25) is 0 Å². The van der Waals surface area contributed by atoms with Crippen LogP contribution in [0.4, 0.5) is 5.69 Å². The molecule has 18 heavy (non-hydrogen) atoms. The van der Waals surface area contributed by atoms with Crippen LogP contribution in [0.3, 0.4) is 0 Å². The first-order valence-corrected chi connectivity index (χ1v) is 6.70. The molecule has 0 aromatic carbocycles. The number of aryl methyl sites for hydroxylation is 1. The van der Waals surface area contributed by atoms with Gasteiger partial charge in [0, 0.05) is 12.6 Å². The quantitative estimate of drug-likeness (QED) is 0.921. The fourth-order valence-electron chi connectivity index (χ4n) is 1.49. The molecule has 0 aliphatic rings. The summed E-state index contributed by atoms with van der Waals surface area (Å²) in [6, 6.07) is 1.81. The zero-order chi connectivity index (χ0) is 13.7. The minimum atomic E-state index is 0.472. The topological polar surface area (TPSA) is 42.2 Å². The van der Waals surface area contributed by atoms with Crippen molar-refractivity contribution in [2.45, 2.75) is 34.6 Å². The van der Waals surface area contributed by atoms with Crippen molar-refractivity contribution in [2.75, 3.05) is 11.9 Å². The van der Waals surface area contributed by atoms with Gasteiger partial charge in [-0.3, -0.25) is 0 Å². The molecule has 0 saturated heterocycles. The molecule has 2 heterocycles. The molecule has 2 aromatic heterocycles. The molecule has 0 amide bonds. The lowest BCUT2D eigenvalue weighted by Crippen LogP contribution is -2.10. The predicted molar refractivity (Wildman–Crippen MR) is 77.4 cm³/mol. The van der Waals surface area contributed by atoms with E-state index in [-0.39, 0.29) is 0 Å². The molecule has 0 bridgehead atoms. The number of aromatic nitrogens is 3. The molecule has 1 N–H and O–H groups in total.